The van der Waals surface area contributed by atoms with Crippen LogP contribution in [0.3, 0.4) is 0 Å². The number of rotatable bonds is 4. The monoisotopic (exact) mass is 390 g/mol. The maximum absolute atomic E-state index is 13.3. The molecule has 0 spiro atoms. The second-order valence-electron chi connectivity index (χ2n) is 6.86. The molecule has 0 aliphatic carbocycles. The number of ether oxygens (including phenoxy) is 1. The lowest BCUT2D eigenvalue weighted by Gasteiger charge is -2.30. The zero-order chi connectivity index (χ0) is 20.4. The fraction of sp³-hybridized carbons (Fsp3) is 0.130. The number of nitrogens with zero attached hydrogens (tertiary/aromatic N) is 1. The fourth-order valence-electron chi connectivity index (χ4n) is 3.42. The number of benzene rings is 3. The molecule has 1 aliphatic heterocycles. The minimum atomic E-state index is -0.556. The van der Waals surface area contributed by atoms with Gasteiger partial charge in [-0.25, -0.2) is 4.39 Å². The molecule has 4 rings (SSSR count). The van der Waals surface area contributed by atoms with Crippen LogP contribution < -0.4 is 10.1 Å². The van der Waals surface area contributed by atoms with Crippen molar-refractivity contribution in [2.45, 2.75) is 5.92 Å². The topological polar surface area (TPSA) is 58.6 Å². The van der Waals surface area contributed by atoms with E-state index in [1.165, 1.54) is 29.2 Å². The van der Waals surface area contributed by atoms with Crippen LogP contribution in [0.15, 0.2) is 72.8 Å². The van der Waals surface area contributed by atoms with Gasteiger partial charge in [-0.15, -0.1) is 0 Å². The van der Waals surface area contributed by atoms with Gasteiger partial charge in [0.05, 0.1) is 12.5 Å². The number of hydrogen-bond donors (Lipinski definition) is 1. The Morgan fingerprint density at radius 2 is 1.48 bits per heavy atom. The van der Waals surface area contributed by atoms with Crippen molar-refractivity contribution in [2.75, 3.05) is 18.9 Å². The second-order valence-corrected chi connectivity index (χ2v) is 6.86. The van der Waals surface area contributed by atoms with Gasteiger partial charge >= 0.3 is 0 Å². The second kappa shape index (κ2) is 7.75. The molecule has 0 unspecified atom stereocenters. The molecule has 146 valence electrons. The van der Waals surface area contributed by atoms with Crippen molar-refractivity contribution in [3.63, 3.8) is 0 Å². The highest BCUT2D eigenvalue weighted by molar-refractivity contribution is 5.96. The number of fused-ring (bicyclic) bond motifs is 2. The molecule has 3 aromatic rings. The summed E-state index contributed by atoms with van der Waals surface area (Å²) < 4.78 is 18.9. The number of para-hydroxylation sites is 2. The third kappa shape index (κ3) is 3.82. The van der Waals surface area contributed by atoms with Crippen molar-refractivity contribution in [3.05, 3.63) is 89.7 Å². The Hall–Kier alpha value is -3.67. The number of likely N-dealkylation sites (N-methyl/N-ethyl adjacent to an activating group) is 1. The lowest BCUT2D eigenvalue weighted by molar-refractivity contribution is -0.134. The Morgan fingerprint density at radius 3 is 2.07 bits per heavy atom. The van der Waals surface area contributed by atoms with Gasteiger partial charge in [-0.3, -0.25) is 9.59 Å². The molecule has 1 N–H and O–H groups in total. The van der Waals surface area contributed by atoms with E-state index in [4.69, 9.17) is 4.74 Å². The average molecular weight is 390 g/mol. The Kier molecular flexibility index (Phi) is 4.99. The smallest absolute Gasteiger partial charge is 0.243 e. The average Bonchev–Trinajstić information content (AvgIpc) is 2.73. The van der Waals surface area contributed by atoms with Gasteiger partial charge in [0.2, 0.25) is 11.8 Å². The van der Waals surface area contributed by atoms with E-state index in [1.54, 1.807) is 7.05 Å². The van der Waals surface area contributed by atoms with E-state index >= 15 is 0 Å². The van der Waals surface area contributed by atoms with Gasteiger partial charge < -0.3 is 15.0 Å². The number of nitrogens with one attached hydrogen (secondary N) is 1. The number of carbonyl (C=O) groups excluding carboxylic acids is 2. The zero-order valence-electron chi connectivity index (χ0n) is 15.8. The third-order valence-corrected chi connectivity index (χ3v) is 4.81. The summed E-state index contributed by atoms with van der Waals surface area (Å²) in [6.07, 6.45) is 0. The first-order valence-corrected chi connectivity index (χ1v) is 9.19. The van der Waals surface area contributed by atoms with Crippen LogP contribution in [0.4, 0.5) is 10.1 Å². The molecule has 6 heteroatoms. The number of halogens is 1. The van der Waals surface area contributed by atoms with Gasteiger partial charge in [0.15, 0.2) is 0 Å². The van der Waals surface area contributed by atoms with Crippen molar-refractivity contribution in [1.82, 2.24) is 4.90 Å². The van der Waals surface area contributed by atoms with Gasteiger partial charge in [-0.2, -0.15) is 0 Å². The van der Waals surface area contributed by atoms with Gasteiger partial charge in [0, 0.05) is 23.9 Å². The lowest BCUT2D eigenvalue weighted by atomic mass is 9.87. The Balaban J connectivity index is 1.54. The van der Waals surface area contributed by atoms with Crippen LogP contribution >= 0.6 is 0 Å². The molecule has 1 aliphatic rings. The highest BCUT2D eigenvalue weighted by Crippen LogP contribution is 2.44. The third-order valence-electron chi connectivity index (χ3n) is 4.81. The molecular formula is C23H19FN2O3. The molecule has 5 nitrogen and oxygen atoms in total. The molecule has 1 heterocycles. The first-order chi connectivity index (χ1) is 14.0. The molecule has 3 aromatic carbocycles. The minimum Gasteiger partial charge on any atom is -0.457 e. The van der Waals surface area contributed by atoms with E-state index in [2.05, 4.69) is 5.32 Å². The van der Waals surface area contributed by atoms with Crippen molar-refractivity contribution < 1.29 is 18.7 Å². The highest BCUT2D eigenvalue weighted by Gasteiger charge is 2.34. The van der Waals surface area contributed by atoms with Gasteiger partial charge in [-0.1, -0.05) is 36.4 Å². The van der Waals surface area contributed by atoms with E-state index in [-0.39, 0.29) is 24.2 Å². The minimum absolute atomic E-state index is 0.127. The lowest BCUT2D eigenvalue weighted by Crippen LogP contribution is -2.38. The first kappa shape index (κ1) is 18.7. The summed E-state index contributed by atoms with van der Waals surface area (Å²) in [7, 11) is 1.59. The van der Waals surface area contributed by atoms with Crippen LogP contribution in [0.25, 0.3) is 0 Å². The molecule has 2 amide bonds. The maximum Gasteiger partial charge on any atom is 0.243 e. The Morgan fingerprint density at radius 1 is 0.931 bits per heavy atom. The number of carbonyl (C=O) groups is 2. The van der Waals surface area contributed by atoms with Gasteiger partial charge in [0.1, 0.15) is 17.3 Å². The number of anilines is 1. The summed E-state index contributed by atoms with van der Waals surface area (Å²) >= 11 is 0. The summed E-state index contributed by atoms with van der Waals surface area (Å²) in [5.41, 5.74) is 2.00. The predicted molar refractivity (Wildman–Crippen MR) is 107 cm³/mol. The quantitative estimate of drug-likeness (QED) is 0.728. The zero-order valence-corrected chi connectivity index (χ0v) is 15.8. The van der Waals surface area contributed by atoms with Crippen LogP contribution in [0.1, 0.15) is 17.0 Å². The molecule has 0 saturated carbocycles. The number of amides is 2. The van der Waals surface area contributed by atoms with Crippen LogP contribution in [0.2, 0.25) is 0 Å². The summed E-state index contributed by atoms with van der Waals surface area (Å²) in [4.78, 5) is 27.1. The van der Waals surface area contributed by atoms with E-state index in [0.29, 0.717) is 17.2 Å². The molecule has 0 bridgehead atoms. The van der Waals surface area contributed by atoms with Crippen molar-refractivity contribution >= 4 is 17.5 Å². The van der Waals surface area contributed by atoms with Crippen molar-refractivity contribution in [3.8, 4) is 11.5 Å². The summed E-state index contributed by atoms with van der Waals surface area (Å²) in [6.45, 7) is -0.127. The van der Waals surface area contributed by atoms with Crippen molar-refractivity contribution in [1.29, 1.82) is 0 Å². The normalized spacial score (nSPS) is 12.3. The van der Waals surface area contributed by atoms with Gasteiger partial charge in [-0.05, 0) is 36.4 Å². The summed E-state index contributed by atoms with van der Waals surface area (Å²) in [5.74, 6) is -0.238. The molecule has 0 aromatic heterocycles. The fourth-order valence-corrected chi connectivity index (χ4v) is 3.42. The van der Waals surface area contributed by atoms with Crippen LogP contribution in [0.5, 0.6) is 11.5 Å². The van der Waals surface area contributed by atoms with Crippen LogP contribution in [-0.2, 0) is 9.59 Å². The van der Waals surface area contributed by atoms with E-state index in [1.807, 2.05) is 48.5 Å². The SMILES string of the molecule is CN(CC(=O)Nc1ccc(F)cc1)C(=O)C1c2ccccc2Oc2ccccc21. The Bertz CT molecular complexity index is 1020. The molecule has 0 radical (unpaired) electrons. The maximum atomic E-state index is 13.3. The number of hydrogen-bond acceptors (Lipinski definition) is 3. The first-order valence-electron chi connectivity index (χ1n) is 9.19. The standard InChI is InChI=1S/C23H19FN2O3/c1-26(14-21(27)25-16-12-10-15(24)11-13-16)23(28)22-17-6-2-4-8-19(17)29-20-9-5-3-7-18(20)22/h2-13,22H,14H2,1H3,(H,25,27). The summed E-state index contributed by atoms with van der Waals surface area (Å²) in [6, 6.07) is 20.3. The molecule has 0 atom stereocenters. The van der Waals surface area contributed by atoms with Gasteiger partial charge in [0.25, 0.3) is 0 Å². The predicted octanol–water partition coefficient (Wildman–Crippen LogP) is 4.16. The highest BCUT2D eigenvalue weighted by atomic mass is 19.1. The molecule has 29 heavy (non-hydrogen) atoms. The molecule has 0 fully saturated rings. The Labute approximate surface area is 167 Å². The van der Waals surface area contributed by atoms with E-state index in [0.717, 1.165) is 11.1 Å². The largest absolute Gasteiger partial charge is 0.457 e. The summed E-state index contributed by atoms with van der Waals surface area (Å²) in [5, 5.41) is 2.67. The van der Waals surface area contributed by atoms with Crippen LogP contribution in [0, 0.1) is 5.82 Å². The van der Waals surface area contributed by atoms with E-state index < -0.39 is 5.92 Å². The van der Waals surface area contributed by atoms with Crippen molar-refractivity contribution in [2.24, 2.45) is 0 Å². The van der Waals surface area contributed by atoms with E-state index in [9.17, 15) is 14.0 Å². The molecule has 0 saturated heterocycles. The molecular weight excluding hydrogens is 371 g/mol. The van der Waals surface area contributed by atoms with Crippen LogP contribution in [-0.4, -0.2) is 30.3 Å².